The van der Waals surface area contributed by atoms with Crippen LogP contribution in [0.25, 0.3) is 23.3 Å². The molecule has 0 aromatic heterocycles. The van der Waals surface area contributed by atoms with Gasteiger partial charge in [0.2, 0.25) is 0 Å². The third-order valence-corrected chi connectivity index (χ3v) is 6.56. The Kier molecular flexibility index (Phi) is 7.22. The molecule has 3 aromatic rings. The molecule has 182 valence electrons. The average Bonchev–Trinajstić information content (AvgIpc) is 2.87. The molecular weight excluding hydrogens is 447 g/mol. The number of carboxylic acids is 1. The fourth-order valence-corrected chi connectivity index (χ4v) is 4.09. The molecule has 0 aliphatic carbocycles. The molecule has 3 aromatic carbocycles. The van der Waals surface area contributed by atoms with Gasteiger partial charge in [0, 0.05) is 5.56 Å². The van der Waals surface area contributed by atoms with Crippen molar-refractivity contribution in [2.75, 3.05) is 19.8 Å². The molecule has 0 saturated carbocycles. The van der Waals surface area contributed by atoms with E-state index in [1.807, 2.05) is 49.4 Å². The number of aliphatic hydroxyl groups excluding tert-OH is 1. The number of carboxylic acid groups (broad SMARTS) is 1. The third kappa shape index (κ3) is 5.38. The second kappa shape index (κ2) is 10.3. The van der Waals surface area contributed by atoms with E-state index in [1.165, 1.54) is 13.0 Å². The molecule has 35 heavy (non-hydrogen) atoms. The molecule has 2 N–H and O–H groups in total. The first-order valence-corrected chi connectivity index (χ1v) is 11.6. The van der Waals surface area contributed by atoms with Gasteiger partial charge in [-0.1, -0.05) is 42.5 Å². The summed E-state index contributed by atoms with van der Waals surface area (Å²) in [5.74, 6) is 0.0734. The number of benzene rings is 3. The Morgan fingerprint density at radius 2 is 1.77 bits per heavy atom. The van der Waals surface area contributed by atoms with Crippen molar-refractivity contribution >= 4 is 18.1 Å². The number of hydrogen-bond acceptors (Lipinski definition) is 4. The van der Waals surface area contributed by atoms with Crippen LogP contribution in [0, 0.1) is 18.2 Å². The molecule has 4 rings (SSSR count). The zero-order chi connectivity index (χ0) is 25.0. The van der Waals surface area contributed by atoms with E-state index in [0.29, 0.717) is 25.2 Å². The van der Waals surface area contributed by atoms with Gasteiger partial charge in [-0.25, -0.2) is 4.39 Å². The van der Waals surface area contributed by atoms with Crippen LogP contribution in [0.4, 0.5) is 4.39 Å². The number of halogens is 1. The van der Waals surface area contributed by atoms with Gasteiger partial charge >= 0.3 is 5.97 Å². The fraction of sp³-hybridized carbons (Fsp3) is 0.276. The van der Waals surface area contributed by atoms with Gasteiger partial charge in [0.25, 0.3) is 0 Å². The number of aliphatic hydroxyl groups is 1. The van der Waals surface area contributed by atoms with Gasteiger partial charge < -0.3 is 19.7 Å². The van der Waals surface area contributed by atoms with E-state index < -0.39 is 18.0 Å². The van der Waals surface area contributed by atoms with Crippen LogP contribution in [-0.2, 0) is 11.2 Å². The van der Waals surface area contributed by atoms with Crippen LogP contribution < -0.4 is 9.47 Å². The highest BCUT2D eigenvalue weighted by Gasteiger charge is 2.31. The van der Waals surface area contributed by atoms with Gasteiger partial charge in [0.05, 0.1) is 12.0 Å². The summed E-state index contributed by atoms with van der Waals surface area (Å²) in [5, 5.41) is 18.8. The minimum Gasteiger partial charge on any atom is -0.486 e. The Hall–Kier alpha value is -3.64. The highest BCUT2D eigenvalue weighted by atomic mass is 19.1. The number of aryl methyl sites for hydroxylation is 1. The van der Waals surface area contributed by atoms with Gasteiger partial charge in [-0.15, -0.1) is 0 Å². The topological polar surface area (TPSA) is 76.0 Å². The molecule has 1 aliphatic rings. The summed E-state index contributed by atoms with van der Waals surface area (Å²) in [6, 6.07) is 16.7. The number of hydrogen-bond donors (Lipinski definition) is 2. The molecule has 1 atom stereocenters. The molecule has 0 bridgehead atoms. The molecule has 5 nitrogen and oxygen atoms in total. The lowest BCUT2D eigenvalue weighted by Crippen LogP contribution is -2.32. The van der Waals surface area contributed by atoms with Gasteiger partial charge in [-0.2, -0.15) is 0 Å². The second-order valence-electron chi connectivity index (χ2n) is 9.09. The molecule has 1 heterocycles. The normalized spacial score (nSPS) is 14.6. The van der Waals surface area contributed by atoms with Gasteiger partial charge in [-0.05, 0) is 78.8 Å². The second-order valence-corrected chi connectivity index (χ2v) is 9.09. The molecule has 6 heteroatoms. The first kappa shape index (κ1) is 24.5. The van der Waals surface area contributed by atoms with Crippen molar-refractivity contribution in [1.29, 1.82) is 0 Å². The molecule has 0 amide bonds. The number of aliphatic carboxylic acids is 1. The van der Waals surface area contributed by atoms with Crippen LogP contribution in [0.1, 0.15) is 35.6 Å². The minimum atomic E-state index is -1.23. The number of carbonyl (C=O) groups is 1. The summed E-state index contributed by atoms with van der Waals surface area (Å²) >= 11 is 0. The zero-order valence-electron chi connectivity index (χ0n) is 19.9. The minimum absolute atomic E-state index is 0.254. The van der Waals surface area contributed by atoms with E-state index in [4.69, 9.17) is 9.47 Å². The van der Waals surface area contributed by atoms with Crippen molar-refractivity contribution in [3.05, 3.63) is 82.7 Å². The van der Waals surface area contributed by atoms with E-state index in [0.717, 1.165) is 39.3 Å². The molecule has 0 radical (unpaired) electrons. The van der Waals surface area contributed by atoms with Crippen molar-refractivity contribution in [3.63, 3.8) is 0 Å². The monoisotopic (exact) mass is 476 g/mol. The van der Waals surface area contributed by atoms with Gasteiger partial charge in [0.15, 0.2) is 11.5 Å². The van der Waals surface area contributed by atoms with E-state index in [2.05, 4.69) is 0 Å². The summed E-state index contributed by atoms with van der Waals surface area (Å²) < 4.78 is 25.9. The first-order valence-electron chi connectivity index (χ1n) is 11.6. The third-order valence-electron chi connectivity index (χ3n) is 6.56. The van der Waals surface area contributed by atoms with Crippen molar-refractivity contribution in [1.82, 2.24) is 0 Å². The number of fused-ring (bicyclic) bond motifs is 1. The van der Waals surface area contributed by atoms with Gasteiger partial charge in [0.1, 0.15) is 19.0 Å². The Bertz CT molecular complexity index is 1270. The van der Waals surface area contributed by atoms with Crippen molar-refractivity contribution in [2.45, 2.75) is 26.7 Å². The summed E-state index contributed by atoms with van der Waals surface area (Å²) in [7, 11) is 0. The largest absolute Gasteiger partial charge is 0.486 e. The zero-order valence-corrected chi connectivity index (χ0v) is 19.9. The smallest absolute Gasteiger partial charge is 0.311 e. The van der Waals surface area contributed by atoms with Crippen molar-refractivity contribution < 1.29 is 28.9 Å². The molecule has 1 aliphatic heterocycles. The van der Waals surface area contributed by atoms with Crippen LogP contribution in [-0.4, -0.2) is 36.0 Å². The summed E-state index contributed by atoms with van der Waals surface area (Å²) in [6.45, 7) is 4.16. The molecule has 0 saturated heterocycles. The van der Waals surface area contributed by atoms with Crippen LogP contribution in [0.5, 0.6) is 11.5 Å². The highest BCUT2D eigenvalue weighted by Crippen LogP contribution is 2.36. The summed E-state index contributed by atoms with van der Waals surface area (Å²) in [6.07, 6.45) is 4.29. The van der Waals surface area contributed by atoms with E-state index >= 15 is 0 Å². The molecule has 1 unspecified atom stereocenters. The van der Waals surface area contributed by atoms with Crippen LogP contribution in [0.15, 0.2) is 54.6 Å². The van der Waals surface area contributed by atoms with E-state index in [-0.39, 0.29) is 12.2 Å². The summed E-state index contributed by atoms with van der Waals surface area (Å²) in [4.78, 5) is 11.4. The predicted molar refractivity (Wildman–Crippen MR) is 134 cm³/mol. The number of rotatable bonds is 8. The van der Waals surface area contributed by atoms with Crippen LogP contribution in [0.3, 0.4) is 0 Å². The van der Waals surface area contributed by atoms with Crippen molar-refractivity contribution in [3.8, 4) is 22.6 Å². The summed E-state index contributed by atoms with van der Waals surface area (Å²) in [5.41, 5.74) is 4.09. The lowest BCUT2D eigenvalue weighted by atomic mass is 9.85. The average molecular weight is 477 g/mol. The SMILES string of the molecule is Cc1c(/C=C/c2cc(CCC(C)(CO)C(=O)O)ccc2F)cccc1-c1ccc2c(c1)OCCO2. The van der Waals surface area contributed by atoms with Gasteiger partial charge in [-0.3, -0.25) is 4.79 Å². The first-order chi connectivity index (χ1) is 16.8. The van der Waals surface area contributed by atoms with E-state index in [1.54, 1.807) is 18.2 Å². The predicted octanol–water partition coefficient (Wildman–Crippen LogP) is 5.76. The molecular formula is C29H29FO5. The van der Waals surface area contributed by atoms with Crippen molar-refractivity contribution in [2.24, 2.45) is 5.41 Å². The maximum absolute atomic E-state index is 14.5. The quantitative estimate of drug-likeness (QED) is 0.405. The molecule has 0 spiro atoms. The Morgan fingerprint density at radius 1 is 1.03 bits per heavy atom. The lowest BCUT2D eigenvalue weighted by molar-refractivity contribution is -0.150. The Balaban J connectivity index is 1.56. The maximum atomic E-state index is 14.5. The Morgan fingerprint density at radius 3 is 2.51 bits per heavy atom. The molecule has 0 fully saturated rings. The number of ether oxygens (including phenoxy) is 2. The Labute approximate surface area is 204 Å². The van der Waals surface area contributed by atoms with Crippen LogP contribution >= 0.6 is 0 Å². The van der Waals surface area contributed by atoms with Crippen LogP contribution in [0.2, 0.25) is 0 Å². The highest BCUT2D eigenvalue weighted by molar-refractivity contribution is 5.78. The van der Waals surface area contributed by atoms with E-state index in [9.17, 15) is 19.4 Å². The maximum Gasteiger partial charge on any atom is 0.311 e. The standard InChI is InChI=1S/C29H29FO5/c1-19-21(4-3-5-24(19)22-9-11-26-27(17-22)35-15-14-34-26)7-8-23-16-20(6-10-25(23)30)12-13-29(2,18-31)28(32)33/h3-11,16-17,31H,12-15,18H2,1-2H3,(H,32,33)/b8-7+. The lowest BCUT2D eigenvalue weighted by Gasteiger charge is -2.21. The fourth-order valence-electron chi connectivity index (χ4n) is 4.09.